The Hall–Kier alpha value is -0.120. The minimum Gasteiger partial charge on any atom is -0.379 e. The number of hydrogen-bond acceptors (Lipinski definition) is 3. The minimum atomic E-state index is 0.231. The molecular formula is C13H28N2O. The number of ether oxygens (including phenoxy) is 1. The third-order valence-electron chi connectivity index (χ3n) is 3.08. The predicted octanol–water partition coefficient (Wildman–Crippen LogP) is 1.73. The zero-order chi connectivity index (χ0) is 12.2. The lowest BCUT2D eigenvalue weighted by atomic mass is 9.95. The SMILES string of the molecule is CC(C)(C)CNCC(C)(C)N1CCOCC1. The fourth-order valence-electron chi connectivity index (χ4n) is 2.02. The van der Waals surface area contributed by atoms with Crippen LogP contribution in [-0.2, 0) is 4.74 Å². The summed E-state index contributed by atoms with van der Waals surface area (Å²) in [6, 6.07) is 0. The van der Waals surface area contributed by atoms with Gasteiger partial charge in [0, 0.05) is 31.7 Å². The van der Waals surface area contributed by atoms with Crippen LogP contribution in [-0.4, -0.2) is 49.8 Å². The maximum absolute atomic E-state index is 5.39. The van der Waals surface area contributed by atoms with Crippen LogP contribution in [0.25, 0.3) is 0 Å². The molecule has 0 aliphatic carbocycles. The normalized spacial score (nSPS) is 20.1. The molecule has 0 aromatic carbocycles. The summed E-state index contributed by atoms with van der Waals surface area (Å²) in [5, 5.41) is 3.58. The van der Waals surface area contributed by atoms with E-state index in [1.165, 1.54) is 0 Å². The lowest BCUT2D eigenvalue weighted by molar-refractivity contribution is -0.0100. The molecule has 1 heterocycles. The van der Waals surface area contributed by atoms with Crippen molar-refractivity contribution < 1.29 is 4.74 Å². The first kappa shape index (κ1) is 13.9. The predicted molar refractivity (Wildman–Crippen MR) is 68.8 cm³/mol. The first-order valence-corrected chi connectivity index (χ1v) is 6.35. The topological polar surface area (TPSA) is 24.5 Å². The van der Waals surface area contributed by atoms with Gasteiger partial charge in [0.1, 0.15) is 0 Å². The average molecular weight is 228 g/mol. The number of hydrogen-bond donors (Lipinski definition) is 1. The second-order valence-electron chi connectivity index (χ2n) is 6.58. The zero-order valence-electron chi connectivity index (χ0n) is 11.6. The Bertz CT molecular complexity index is 202. The highest BCUT2D eigenvalue weighted by molar-refractivity contribution is 4.85. The molecule has 1 N–H and O–H groups in total. The number of nitrogens with one attached hydrogen (secondary N) is 1. The van der Waals surface area contributed by atoms with E-state index in [-0.39, 0.29) is 5.54 Å². The molecule has 0 saturated carbocycles. The molecule has 0 atom stereocenters. The second-order valence-corrected chi connectivity index (χ2v) is 6.58. The van der Waals surface area contributed by atoms with Gasteiger partial charge in [-0.25, -0.2) is 0 Å². The third-order valence-corrected chi connectivity index (χ3v) is 3.08. The van der Waals surface area contributed by atoms with Crippen LogP contribution in [0.5, 0.6) is 0 Å². The Labute approximate surface area is 101 Å². The van der Waals surface area contributed by atoms with Gasteiger partial charge < -0.3 is 10.1 Å². The van der Waals surface area contributed by atoms with Gasteiger partial charge in [0.05, 0.1) is 13.2 Å². The van der Waals surface area contributed by atoms with Gasteiger partial charge in [-0.15, -0.1) is 0 Å². The molecule has 3 heteroatoms. The number of nitrogens with zero attached hydrogens (tertiary/aromatic N) is 1. The van der Waals surface area contributed by atoms with E-state index in [2.05, 4.69) is 44.8 Å². The molecule has 0 radical (unpaired) electrons. The van der Waals surface area contributed by atoms with Gasteiger partial charge in [0.2, 0.25) is 0 Å². The highest BCUT2D eigenvalue weighted by atomic mass is 16.5. The Morgan fingerprint density at radius 1 is 1.00 bits per heavy atom. The molecule has 0 unspecified atom stereocenters. The largest absolute Gasteiger partial charge is 0.379 e. The lowest BCUT2D eigenvalue weighted by Gasteiger charge is -2.41. The molecule has 0 amide bonds. The van der Waals surface area contributed by atoms with Crippen molar-refractivity contribution >= 4 is 0 Å². The van der Waals surface area contributed by atoms with Crippen LogP contribution in [0, 0.1) is 5.41 Å². The van der Waals surface area contributed by atoms with E-state index in [1.54, 1.807) is 0 Å². The summed E-state index contributed by atoms with van der Waals surface area (Å²) in [7, 11) is 0. The van der Waals surface area contributed by atoms with Crippen molar-refractivity contribution in [2.75, 3.05) is 39.4 Å². The van der Waals surface area contributed by atoms with E-state index in [1.807, 2.05) is 0 Å². The van der Waals surface area contributed by atoms with Crippen LogP contribution in [0.2, 0.25) is 0 Å². The molecule has 1 fully saturated rings. The standard InChI is InChI=1S/C13H28N2O/c1-12(2,3)10-14-11-13(4,5)15-6-8-16-9-7-15/h14H,6-11H2,1-5H3. The zero-order valence-corrected chi connectivity index (χ0v) is 11.6. The molecule has 1 rings (SSSR count). The summed E-state index contributed by atoms with van der Waals surface area (Å²) in [6.07, 6.45) is 0. The van der Waals surface area contributed by atoms with Gasteiger partial charge in [0.15, 0.2) is 0 Å². The van der Waals surface area contributed by atoms with Crippen LogP contribution < -0.4 is 5.32 Å². The quantitative estimate of drug-likeness (QED) is 0.793. The highest BCUT2D eigenvalue weighted by Crippen LogP contribution is 2.16. The van der Waals surface area contributed by atoms with Crippen LogP contribution in [0.3, 0.4) is 0 Å². The molecule has 3 nitrogen and oxygen atoms in total. The Morgan fingerprint density at radius 2 is 1.56 bits per heavy atom. The van der Waals surface area contributed by atoms with Gasteiger partial charge in [-0.3, -0.25) is 4.90 Å². The van der Waals surface area contributed by atoms with Gasteiger partial charge in [0.25, 0.3) is 0 Å². The Morgan fingerprint density at radius 3 is 2.06 bits per heavy atom. The average Bonchev–Trinajstić information content (AvgIpc) is 2.17. The fourth-order valence-corrected chi connectivity index (χ4v) is 2.02. The molecule has 1 aliphatic heterocycles. The molecule has 0 aromatic rings. The summed E-state index contributed by atoms with van der Waals surface area (Å²) in [4.78, 5) is 2.52. The molecule has 0 aromatic heterocycles. The summed E-state index contributed by atoms with van der Waals surface area (Å²) < 4.78 is 5.39. The molecular weight excluding hydrogens is 200 g/mol. The Balaban J connectivity index is 2.32. The molecule has 1 aliphatic rings. The van der Waals surface area contributed by atoms with Crippen molar-refractivity contribution in [2.24, 2.45) is 5.41 Å². The van der Waals surface area contributed by atoms with Crippen LogP contribution in [0.1, 0.15) is 34.6 Å². The van der Waals surface area contributed by atoms with Crippen molar-refractivity contribution in [3.8, 4) is 0 Å². The van der Waals surface area contributed by atoms with E-state index in [4.69, 9.17) is 4.74 Å². The molecule has 96 valence electrons. The third kappa shape index (κ3) is 4.81. The maximum atomic E-state index is 5.39. The molecule has 0 bridgehead atoms. The van der Waals surface area contributed by atoms with E-state index in [0.717, 1.165) is 39.4 Å². The lowest BCUT2D eigenvalue weighted by Crippen LogP contribution is -2.55. The first-order valence-electron chi connectivity index (χ1n) is 6.35. The van der Waals surface area contributed by atoms with E-state index < -0.39 is 0 Å². The van der Waals surface area contributed by atoms with Crippen LogP contribution >= 0.6 is 0 Å². The van der Waals surface area contributed by atoms with Gasteiger partial charge in [-0.05, 0) is 19.3 Å². The summed E-state index contributed by atoms with van der Waals surface area (Å²) in [6.45, 7) is 17.4. The van der Waals surface area contributed by atoms with Gasteiger partial charge >= 0.3 is 0 Å². The smallest absolute Gasteiger partial charge is 0.0594 e. The number of morpholine rings is 1. The molecule has 16 heavy (non-hydrogen) atoms. The highest BCUT2D eigenvalue weighted by Gasteiger charge is 2.28. The van der Waals surface area contributed by atoms with E-state index >= 15 is 0 Å². The minimum absolute atomic E-state index is 0.231. The number of rotatable bonds is 4. The van der Waals surface area contributed by atoms with Crippen molar-refractivity contribution in [1.82, 2.24) is 10.2 Å². The van der Waals surface area contributed by atoms with Gasteiger partial charge in [-0.1, -0.05) is 20.8 Å². The maximum Gasteiger partial charge on any atom is 0.0594 e. The van der Waals surface area contributed by atoms with Crippen molar-refractivity contribution in [1.29, 1.82) is 0 Å². The van der Waals surface area contributed by atoms with Crippen molar-refractivity contribution in [2.45, 2.75) is 40.2 Å². The summed E-state index contributed by atoms with van der Waals surface area (Å²) in [5.74, 6) is 0. The fraction of sp³-hybridized carbons (Fsp3) is 1.00. The first-order chi connectivity index (χ1) is 7.31. The monoisotopic (exact) mass is 228 g/mol. The summed E-state index contributed by atoms with van der Waals surface area (Å²) in [5.41, 5.74) is 0.593. The van der Waals surface area contributed by atoms with E-state index in [9.17, 15) is 0 Å². The Kier molecular flexibility index (Phi) is 4.77. The van der Waals surface area contributed by atoms with Crippen molar-refractivity contribution in [3.05, 3.63) is 0 Å². The second kappa shape index (κ2) is 5.48. The van der Waals surface area contributed by atoms with Gasteiger partial charge in [-0.2, -0.15) is 0 Å². The van der Waals surface area contributed by atoms with Crippen molar-refractivity contribution in [3.63, 3.8) is 0 Å². The summed E-state index contributed by atoms with van der Waals surface area (Å²) >= 11 is 0. The van der Waals surface area contributed by atoms with Crippen LogP contribution in [0.15, 0.2) is 0 Å². The van der Waals surface area contributed by atoms with E-state index in [0.29, 0.717) is 5.41 Å². The van der Waals surface area contributed by atoms with Crippen LogP contribution in [0.4, 0.5) is 0 Å². The molecule has 1 saturated heterocycles. The molecule has 0 spiro atoms.